The number of amides is 1. The van der Waals surface area contributed by atoms with E-state index >= 15 is 0 Å². The van der Waals surface area contributed by atoms with Crippen LogP contribution < -0.4 is 0 Å². The van der Waals surface area contributed by atoms with Crippen LogP contribution in [0.2, 0.25) is 0 Å². The first-order valence-electron chi connectivity index (χ1n) is 8.33. The Morgan fingerprint density at radius 3 is 2.36 bits per heavy atom. The summed E-state index contributed by atoms with van der Waals surface area (Å²) in [5, 5.41) is 0. The average Bonchev–Trinajstić information content (AvgIpc) is 2.95. The summed E-state index contributed by atoms with van der Waals surface area (Å²) < 4.78 is 16.2. The third kappa shape index (κ3) is 3.11. The predicted molar refractivity (Wildman–Crippen MR) is 89.9 cm³/mol. The Kier molecular flexibility index (Phi) is 5.39. The second-order valence-electron chi connectivity index (χ2n) is 7.56. The minimum Gasteiger partial charge on any atom is -0.453 e. The zero-order valence-electron chi connectivity index (χ0n) is 15.7. The molecule has 140 valence electrons. The number of ether oxygens (including phenoxy) is 3. The number of fused-ring (bicyclic) bond motifs is 1. The largest absolute Gasteiger partial charge is 0.453 e. The molecule has 0 aromatic rings. The van der Waals surface area contributed by atoms with Crippen LogP contribution in [0.1, 0.15) is 27.2 Å². The number of carbonyl (C=O) groups excluding carboxylic acids is 3. The van der Waals surface area contributed by atoms with Gasteiger partial charge in [-0.1, -0.05) is 20.8 Å². The number of nitrogens with zero attached hydrogens (tertiary/aromatic N) is 1. The normalized spacial score (nSPS) is 28.4. The molecule has 0 radical (unpaired) electrons. The molecular formula is C18H27NO6. The number of carbonyl (C=O) groups is 3. The van der Waals surface area contributed by atoms with Crippen molar-refractivity contribution in [2.45, 2.75) is 39.0 Å². The van der Waals surface area contributed by atoms with E-state index in [0.29, 0.717) is 5.57 Å². The Bertz CT molecular complexity index is 587. The molecule has 7 heteroatoms. The third-order valence-corrected chi connectivity index (χ3v) is 5.20. The van der Waals surface area contributed by atoms with Crippen molar-refractivity contribution in [1.82, 2.24) is 4.90 Å². The molecule has 0 aromatic heterocycles. The van der Waals surface area contributed by atoms with Crippen molar-refractivity contribution in [3.05, 3.63) is 11.6 Å². The topological polar surface area (TPSA) is 82.1 Å². The van der Waals surface area contributed by atoms with Gasteiger partial charge in [-0.3, -0.25) is 9.69 Å². The van der Waals surface area contributed by atoms with Crippen LogP contribution in [-0.4, -0.2) is 62.8 Å². The van der Waals surface area contributed by atoms with E-state index in [2.05, 4.69) is 0 Å². The van der Waals surface area contributed by atoms with E-state index in [1.165, 1.54) is 26.2 Å². The maximum absolute atomic E-state index is 13.2. The summed E-state index contributed by atoms with van der Waals surface area (Å²) in [6.45, 7) is 6.06. The molecule has 1 saturated heterocycles. The van der Waals surface area contributed by atoms with E-state index in [9.17, 15) is 14.4 Å². The van der Waals surface area contributed by atoms with Gasteiger partial charge in [0.05, 0.1) is 13.0 Å². The number of rotatable bonds is 4. The van der Waals surface area contributed by atoms with Crippen molar-refractivity contribution in [1.29, 1.82) is 0 Å². The number of ketones is 1. The van der Waals surface area contributed by atoms with Crippen LogP contribution in [0.3, 0.4) is 0 Å². The van der Waals surface area contributed by atoms with Crippen molar-refractivity contribution in [3.63, 3.8) is 0 Å². The molecule has 2 aliphatic rings. The van der Waals surface area contributed by atoms with Gasteiger partial charge >= 0.3 is 6.09 Å². The standard InChI is InChI=1S/C18H27NO6/c1-17(2,3)12-9-18(24-5,25-6)15-13(14(12)21)11(7-8-20)10-19(15)16(22)23-4/h8-9,11,13,15H,7,10H2,1-6H3/t11-,13+,15+/m1/s1. The van der Waals surface area contributed by atoms with Crippen molar-refractivity contribution in [2.24, 2.45) is 17.3 Å². The molecule has 25 heavy (non-hydrogen) atoms. The lowest BCUT2D eigenvalue weighted by Crippen LogP contribution is -2.60. The zero-order valence-corrected chi connectivity index (χ0v) is 15.7. The van der Waals surface area contributed by atoms with Gasteiger partial charge in [-0.05, 0) is 17.4 Å². The molecule has 1 aliphatic carbocycles. The van der Waals surface area contributed by atoms with Crippen LogP contribution in [-0.2, 0) is 23.8 Å². The van der Waals surface area contributed by atoms with Gasteiger partial charge in [0.1, 0.15) is 12.3 Å². The first-order chi connectivity index (χ1) is 11.7. The summed E-state index contributed by atoms with van der Waals surface area (Å²) in [6, 6.07) is -0.682. The van der Waals surface area contributed by atoms with Gasteiger partial charge in [-0.2, -0.15) is 0 Å². The van der Waals surface area contributed by atoms with Crippen LogP contribution in [0.4, 0.5) is 4.79 Å². The number of methoxy groups -OCH3 is 3. The predicted octanol–water partition coefficient (Wildman–Crippen LogP) is 1.80. The van der Waals surface area contributed by atoms with Gasteiger partial charge in [0, 0.05) is 32.8 Å². The van der Waals surface area contributed by atoms with Gasteiger partial charge < -0.3 is 19.0 Å². The second-order valence-corrected chi connectivity index (χ2v) is 7.56. The van der Waals surface area contributed by atoms with E-state index in [0.717, 1.165) is 6.29 Å². The van der Waals surface area contributed by atoms with Gasteiger partial charge in [-0.25, -0.2) is 4.79 Å². The van der Waals surface area contributed by atoms with E-state index in [1.54, 1.807) is 6.08 Å². The molecule has 1 amide bonds. The third-order valence-electron chi connectivity index (χ3n) is 5.20. The van der Waals surface area contributed by atoms with Crippen molar-refractivity contribution < 1.29 is 28.6 Å². The molecule has 0 unspecified atom stereocenters. The van der Waals surface area contributed by atoms with Crippen LogP contribution in [0.15, 0.2) is 11.6 Å². The molecule has 3 atom stereocenters. The van der Waals surface area contributed by atoms with Gasteiger partial charge in [0.15, 0.2) is 5.78 Å². The summed E-state index contributed by atoms with van der Waals surface area (Å²) in [6.07, 6.45) is 2.07. The maximum Gasteiger partial charge on any atom is 0.409 e. The smallest absolute Gasteiger partial charge is 0.409 e. The molecule has 1 aliphatic heterocycles. The van der Waals surface area contributed by atoms with Crippen LogP contribution in [0, 0.1) is 17.3 Å². The SMILES string of the molecule is COC(=O)N1C[C@@H](CC=O)[C@H]2C(=O)C(C(C)(C)C)=CC(OC)(OC)[C@H]21. The fourth-order valence-electron chi connectivity index (χ4n) is 3.97. The van der Waals surface area contributed by atoms with Crippen LogP contribution in [0.5, 0.6) is 0 Å². The van der Waals surface area contributed by atoms with Crippen molar-refractivity contribution in [2.75, 3.05) is 27.9 Å². The number of Topliss-reactive ketones (excluding diaryl/α,β-unsaturated/α-hetero) is 1. The van der Waals surface area contributed by atoms with Crippen molar-refractivity contribution in [3.8, 4) is 0 Å². The summed E-state index contributed by atoms with van der Waals surface area (Å²) >= 11 is 0. The van der Waals surface area contributed by atoms with E-state index in [-0.39, 0.29) is 24.7 Å². The highest BCUT2D eigenvalue weighted by atomic mass is 16.7. The first-order valence-corrected chi connectivity index (χ1v) is 8.33. The summed E-state index contributed by atoms with van der Waals surface area (Å²) in [4.78, 5) is 38.1. The molecule has 0 saturated carbocycles. The van der Waals surface area contributed by atoms with Crippen LogP contribution >= 0.6 is 0 Å². The van der Waals surface area contributed by atoms with Gasteiger partial charge in [0.25, 0.3) is 0 Å². The zero-order chi connectivity index (χ0) is 19.0. The molecule has 0 aromatic carbocycles. The molecule has 1 heterocycles. The molecule has 7 nitrogen and oxygen atoms in total. The Balaban J connectivity index is 2.66. The lowest BCUT2D eigenvalue weighted by molar-refractivity contribution is -0.213. The number of hydrogen-bond donors (Lipinski definition) is 0. The highest BCUT2D eigenvalue weighted by Crippen LogP contribution is 2.48. The highest BCUT2D eigenvalue weighted by Gasteiger charge is 2.61. The highest BCUT2D eigenvalue weighted by molar-refractivity contribution is 6.01. The van der Waals surface area contributed by atoms with Crippen LogP contribution in [0.25, 0.3) is 0 Å². The fourth-order valence-corrected chi connectivity index (χ4v) is 3.97. The lowest BCUT2D eigenvalue weighted by Gasteiger charge is -2.45. The molecule has 0 N–H and O–H groups in total. The van der Waals surface area contributed by atoms with Gasteiger partial charge in [-0.15, -0.1) is 0 Å². The molecule has 0 bridgehead atoms. The minimum atomic E-state index is -1.27. The molecule has 2 rings (SSSR count). The maximum atomic E-state index is 13.2. The van der Waals surface area contributed by atoms with E-state index < -0.39 is 29.3 Å². The summed E-state index contributed by atoms with van der Waals surface area (Å²) in [7, 11) is 4.25. The monoisotopic (exact) mass is 353 g/mol. The number of allylic oxidation sites excluding steroid dienone is 1. The molecule has 0 spiro atoms. The summed E-state index contributed by atoms with van der Waals surface area (Å²) in [5.41, 5.74) is 0.162. The Morgan fingerprint density at radius 2 is 1.92 bits per heavy atom. The van der Waals surface area contributed by atoms with E-state index in [1.807, 2.05) is 20.8 Å². The second kappa shape index (κ2) is 6.88. The van der Waals surface area contributed by atoms with Gasteiger partial charge in [0.2, 0.25) is 5.79 Å². The Labute approximate surface area is 148 Å². The minimum absolute atomic E-state index is 0.0690. The quantitative estimate of drug-likeness (QED) is 0.566. The fraction of sp³-hybridized carbons (Fsp3) is 0.722. The lowest BCUT2D eigenvalue weighted by atomic mass is 9.68. The summed E-state index contributed by atoms with van der Waals surface area (Å²) in [5.74, 6) is -2.22. The average molecular weight is 353 g/mol. The van der Waals surface area contributed by atoms with E-state index in [4.69, 9.17) is 14.2 Å². The first kappa shape index (κ1) is 19.6. The number of likely N-dealkylation sites (tertiary alicyclic amines) is 1. The number of hydrogen-bond acceptors (Lipinski definition) is 6. The number of aldehydes is 1. The van der Waals surface area contributed by atoms with Crippen molar-refractivity contribution >= 4 is 18.2 Å². The Hall–Kier alpha value is -1.73. The Morgan fingerprint density at radius 1 is 1.32 bits per heavy atom. The molecule has 1 fully saturated rings. The molecular weight excluding hydrogens is 326 g/mol.